The quantitative estimate of drug-likeness (QED) is 0.242. The van der Waals surface area contributed by atoms with Gasteiger partial charge in [0.25, 0.3) is 11.8 Å². The van der Waals surface area contributed by atoms with Crippen LogP contribution in [0.25, 0.3) is 0 Å². The van der Waals surface area contributed by atoms with Crippen molar-refractivity contribution < 1.29 is 45.1 Å². The minimum absolute atomic E-state index is 0.119. The fourth-order valence-corrected chi connectivity index (χ4v) is 4.45. The van der Waals surface area contributed by atoms with Crippen LogP contribution in [0.5, 0.6) is 5.75 Å². The van der Waals surface area contributed by atoms with Crippen molar-refractivity contribution in [3.8, 4) is 5.75 Å². The number of alkyl halides is 6. The number of nitrogens with one attached hydrogen (secondary N) is 1. The number of carbonyl (C=O) groups is 2. The third-order valence-electron chi connectivity index (χ3n) is 6.39. The van der Waals surface area contributed by atoms with Crippen molar-refractivity contribution in [3.63, 3.8) is 0 Å². The summed E-state index contributed by atoms with van der Waals surface area (Å²) in [5.74, 6) is -3.75. The molecule has 4 rings (SSSR count). The molecule has 1 unspecified atom stereocenters. The number of hydrogen-bond donors (Lipinski definition) is 1. The van der Waals surface area contributed by atoms with Crippen LogP contribution in [0, 0.1) is 11.7 Å². The Balaban J connectivity index is 1.70. The van der Waals surface area contributed by atoms with Gasteiger partial charge in [0, 0.05) is 29.0 Å². The van der Waals surface area contributed by atoms with Crippen molar-refractivity contribution in [2.24, 2.45) is 5.92 Å². The molecule has 0 radical (unpaired) electrons. The van der Waals surface area contributed by atoms with Crippen molar-refractivity contribution in [2.45, 2.75) is 38.2 Å². The summed E-state index contributed by atoms with van der Waals surface area (Å²) in [6.07, 6.45) is -0.989. The van der Waals surface area contributed by atoms with Crippen molar-refractivity contribution in [3.05, 3.63) is 81.8 Å². The van der Waals surface area contributed by atoms with E-state index in [9.17, 15) is 35.9 Å². The highest BCUT2D eigenvalue weighted by molar-refractivity contribution is 9.10. The third kappa shape index (κ3) is 6.63. The maximum absolute atomic E-state index is 15.8. The molecule has 1 fully saturated rings. The van der Waals surface area contributed by atoms with Gasteiger partial charge in [-0.3, -0.25) is 14.6 Å². The van der Waals surface area contributed by atoms with Crippen LogP contribution in [0.4, 0.5) is 42.1 Å². The summed E-state index contributed by atoms with van der Waals surface area (Å²) >= 11 is 2.86. The van der Waals surface area contributed by atoms with Crippen LogP contribution in [0.3, 0.4) is 0 Å². The van der Waals surface area contributed by atoms with Crippen molar-refractivity contribution in [2.75, 3.05) is 16.8 Å². The number of nitrogens with zero attached hydrogens (tertiary/aromatic N) is 2. The summed E-state index contributed by atoms with van der Waals surface area (Å²) < 4.78 is 100. The molecule has 1 aliphatic rings. The lowest BCUT2D eigenvalue weighted by molar-refractivity contribution is -0.228. The van der Waals surface area contributed by atoms with E-state index < -0.39 is 63.1 Å². The average Bonchev–Trinajstić information content (AvgIpc) is 3.72. The zero-order chi connectivity index (χ0) is 30.1. The second-order valence-corrected chi connectivity index (χ2v) is 10.3. The highest BCUT2D eigenvalue weighted by Gasteiger charge is 2.54. The number of amides is 2. The van der Waals surface area contributed by atoms with Gasteiger partial charge in [-0.05, 0) is 78.0 Å². The maximum atomic E-state index is 15.8. The second-order valence-electron chi connectivity index (χ2n) is 9.40. The molecule has 218 valence electrons. The predicted molar refractivity (Wildman–Crippen MR) is 138 cm³/mol. The topological polar surface area (TPSA) is 71.5 Å². The summed E-state index contributed by atoms with van der Waals surface area (Å²) in [4.78, 5) is 31.4. The van der Waals surface area contributed by atoms with Gasteiger partial charge in [-0.15, -0.1) is 0 Å². The molecule has 1 aromatic heterocycles. The Morgan fingerprint density at radius 1 is 1.15 bits per heavy atom. The molecule has 0 saturated heterocycles. The first kappa shape index (κ1) is 30.3. The molecule has 1 N–H and O–H groups in total. The summed E-state index contributed by atoms with van der Waals surface area (Å²) in [6.45, 7) is -3.20. The zero-order valence-electron chi connectivity index (χ0n) is 21.1. The van der Waals surface area contributed by atoms with Crippen LogP contribution in [0.2, 0.25) is 0 Å². The number of hydrogen-bond acceptors (Lipinski definition) is 4. The smallest absolute Gasteiger partial charge is 0.426 e. The van der Waals surface area contributed by atoms with E-state index in [4.69, 9.17) is 0 Å². The summed E-state index contributed by atoms with van der Waals surface area (Å²) in [5, 5.41) is 2.14. The minimum atomic E-state index is -5.40. The van der Waals surface area contributed by atoms with E-state index in [1.807, 2.05) is 0 Å². The molecule has 2 aromatic carbocycles. The standard InChI is InChI=1S/C27H21BrF7N3O3/c1-26(32,27(33,34)35)16-10-18(28)22(20(11-16)41-25(30)31)37-23(39)17-5-2-6-19(21(17)29)38(13-14-7-8-14)24(40)15-4-3-9-36-12-15/h2-6,9-12,14,25H,7-8,13H2,1H3,(H,37,39). The molecular formula is C27H21BrF7N3O3. The lowest BCUT2D eigenvalue weighted by Gasteiger charge is -2.26. The van der Waals surface area contributed by atoms with Gasteiger partial charge >= 0.3 is 12.8 Å². The van der Waals surface area contributed by atoms with Gasteiger partial charge in [-0.2, -0.15) is 22.0 Å². The molecule has 1 saturated carbocycles. The highest BCUT2D eigenvalue weighted by Crippen LogP contribution is 2.46. The first-order chi connectivity index (χ1) is 19.2. The fourth-order valence-electron chi connectivity index (χ4n) is 3.91. The number of ether oxygens (including phenoxy) is 1. The molecule has 3 aromatic rings. The number of aromatic nitrogens is 1. The molecular weight excluding hydrogens is 627 g/mol. The van der Waals surface area contributed by atoms with E-state index in [0.717, 1.165) is 18.9 Å². The van der Waals surface area contributed by atoms with E-state index in [1.54, 1.807) is 0 Å². The molecule has 0 spiro atoms. The van der Waals surface area contributed by atoms with Gasteiger partial charge in [-0.25, -0.2) is 8.78 Å². The predicted octanol–water partition coefficient (Wildman–Crippen LogP) is 7.64. The summed E-state index contributed by atoms with van der Waals surface area (Å²) in [5.41, 5.74) is -6.28. The van der Waals surface area contributed by atoms with Crippen molar-refractivity contribution in [1.29, 1.82) is 0 Å². The average molecular weight is 648 g/mol. The molecule has 0 aliphatic heterocycles. The van der Waals surface area contributed by atoms with Gasteiger partial charge in [-0.1, -0.05) is 6.07 Å². The molecule has 41 heavy (non-hydrogen) atoms. The molecule has 6 nitrogen and oxygen atoms in total. The SMILES string of the molecule is CC(F)(c1cc(Br)c(NC(=O)c2cccc(N(CC3CC3)C(=O)c3cccnc3)c2F)c(OC(F)F)c1)C(F)(F)F. The Labute approximate surface area is 237 Å². The third-order valence-corrected chi connectivity index (χ3v) is 7.01. The van der Waals surface area contributed by atoms with Crippen molar-refractivity contribution >= 4 is 39.1 Å². The number of rotatable bonds is 9. The first-order valence-corrected chi connectivity index (χ1v) is 12.9. The maximum Gasteiger partial charge on any atom is 0.426 e. The molecule has 14 heteroatoms. The van der Waals surface area contributed by atoms with Crippen molar-refractivity contribution in [1.82, 2.24) is 4.98 Å². The Hall–Kier alpha value is -3.68. The van der Waals surface area contributed by atoms with Crippen LogP contribution in [0.1, 0.15) is 46.0 Å². The lowest BCUT2D eigenvalue weighted by Crippen LogP contribution is -2.35. The van der Waals surface area contributed by atoms with E-state index in [0.29, 0.717) is 12.1 Å². The van der Waals surface area contributed by atoms with E-state index in [2.05, 4.69) is 31.0 Å². The van der Waals surface area contributed by atoms with Crippen LogP contribution in [-0.4, -0.2) is 36.1 Å². The number of carbonyl (C=O) groups excluding carboxylic acids is 2. The van der Waals surface area contributed by atoms with E-state index >= 15 is 4.39 Å². The first-order valence-electron chi connectivity index (χ1n) is 12.1. The zero-order valence-corrected chi connectivity index (χ0v) is 22.7. The summed E-state index contributed by atoms with van der Waals surface area (Å²) in [6, 6.07) is 7.70. The molecule has 1 atom stereocenters. The lowest BCUT2D eigenvalue weighted by atomic mass is 9.96. The van der Waals surface area contributed by atoms with Gasteiger partial charge in [0.2, 0.25) is 5.67 Å². The largest absolute Gasteiger partial charge is 0.433 e. The Morgan fingerprint density at radius 3 is 2.44 bits per heavy atom. The van der Waals surface area contributed by atoms with Gasteiger partial charge in [0.05, 0.1) is 22.5 Å². The van der Waals surface area contributed by atoms with Crippen LogP contribution >= 0.6 is 15.9 Å². The Morgan fingerprint density at radius 2 is 1.85 bits per heavy atom. The van der Waals surface area contributed by atoms with Crippen LogP contribution < -0.4 is 15.0 Å². The normalized spacial score (nSPS) is 14.9. The molecule has 1 aliphatic carbocycles. The number of pyridine rings is 1. The van der Waals surface area contributed by atoms with E-state index in [-0.39, 0.29) is 30.6 Å². The van der Waals surface area contributed by atoms with Gasteiger partial charge in [0.1, 0.15) is 0 Å². The van der Waals surface area contributed by atoms with Gasteiger partial charge < -0.3 is 15.0 Å². The molecule has 0 bridgehead atoms. The highest BCUT2D eigenvalue weighted by atomic mass is 79.9. The minimum Gasteiger partial charge on any atom is -0.433 e. The molecule has 2 amide bonds. The van der Waals surface area contributed by atoms with Gasteiger partial charge in [0.15, 0.2) is 11.6 Å². The number of halogens is 8. The second kappa shape index (κ2) is 11.7. The number of anilines is 2. The Kier molecular flexibility index (Phi) is 8.62. The summed E-state index contributed by atoms with van der Waals surface area (Å²) in [7, 11) is 0. The van der Waals surface area contributed by atoms with Crippen LogP contribution in [-0.2, 0) is 5.67 Å². The van der Waals surface area contributed by atoms with Crippen LogP contribution in [0.15, 0.2) is 59.3 Å². The number of benzene rings is 2. The monoisotopic (exact) mass is 647 g/mol. The van der Waals surface area contributed by atoms with E-state index in [1.165, 1.54) is 41.6 Å². The Bertz CT molecular complexity index is 1450. The molecule has 1 heterocycles. The fraction of sp³-hybridized carbons (Fsp3) is 0.296.